The van der Waals surface area contributed by atoms with Crippen LogP contribution in [0, 0.1) is 13.8 Å². The predicted octanol–water partition coefficient (Wildman–Crippen LogP) is 3.29. The summed E-state index contributed by atoms with van der Waals surface area (Å²) in [5.41, 5.74) is 6.62. The Morgan fingerprint density at radius 2 is 1.73 bits per heavy atom. The van der Waals surface area contributed by atoms with E-state index in [0.717, 1.165) is 5.56 Å². The third kappa shape index (κ3) is 3.39. The van der Waals surface area contributed by atoms with Gasteiger partial charge in [0.1, 0.15) is 6.04 Å². The Morgan fingerprint density at radius 1 is 1.20 bits per heavy atom. The van der Waals surface area contributed by atoms with Gasteiger partial charge in [0.2, 0.25) is 0 Å². The number of aryl methyl sites for hydroxylation is 2. The normalized spacial score (nSPS) is 13.2. The van der Waals surface area contributed by atoms with Crippen LogP contribution in [0.4, 0.5) is 13.2 Å². The topological polar surface area (TPSA) is 26.0 Å². The van der Waals surface area contributed by atoms with Crippen molar-refractivity contribution in [1.29, 1.82) is 0 Å². The zero-order chi connectivity index (χ0) is 10.9. The van der Waals surface area contributed by atoms with Gasteiger partial charge in [-0.15, -0.1) is 12.4 Å². The fourth-order valence-electron chi connectivity index (χ4n) is 1.27. The molecule has 0 unspecified atom stereocenters. The molecule has 5 heteroatoms. The fraction of sp³-hybridized carbons (Fsp3) is 0.400. The van der Waals surface area contributed by atoms with Gasteiger partial charge in [-0.05, 0) is 25.0 Å². The average molecular weight is 240 g/mol. The second-order valence-electron chi connectivity index (χ2n) is 3.38. The molecule has 0 fully saturated rings. The van der Waals surface area contributed by atoms with Crippen LogP contribution in [-0.2, 0) is 0 Å². The Labute approximate surface area is 92.9 Å². The predicted molar refractivity (Wildman–Crippen MR) is 56.1 cm³/mol. The first-order chi connectivity index (χ1) is 6.32. The minimum atomic E-state index is -4.38. The summed E-state index contributed by atoms with van der Waals surface area (Å²) in [7, 11) is 0. The summed E-state index contributed by atoms with van der Waals surface area (Å²) in [5, 5.41) is 0. The van der Waals surface area contributed by atoms with Crippen molar-refractivity contribution in [3.8, 4) is 0 Å². The lowest BCUT2D eigenvalue weighted by atomic mass is 9.99. The van der Waals surface area contributed by atoms with Gasteiger partial charge in [-0.3, -0.25) is 0 Å². The second-order valence-corrected chi connectivity index (χ2v) is 3.38. The molecule has 1 rings (SSSR count). The van der Waals surface area contributed by atoms with E-state index in [1.807, 2.05) is 0 Å². The van der Waals surface area contributed by atoms with Crippen molar-refractivity contribution in [2.45, 2.75) is 26.1 Å². The molecule has 0 spiro atoms. The first kappa shape index (κ1) is 14.3. The summed E-state index contributed by atoms with van der Waals surface area (Å²) in [6, 6.07) is 3.01. The highest BCUT2D eigenvalue weighted by Crippen LogP contribution is 2.32. The molecule has 0 radical (unpaired) electrons. The van der Waals surface area contributed by atoms with Crippen LogP contribution in [-0.4, -0.2) is 6.18 Å². The zero-order valence-electron chi connectivity index (χ0n) is 8.43. The van der Waals surface area contributed by atoms with E-state index in [9.17, 15) is 13.2 Å². The highest BCUT2D eigenvalue weighted by atomic mass is 35.5. The van der Waals surface area contributed by atoms with Gasteiger partial charge in [0.25, 0.3) is 0 Å². The number of nitrogens with two attached hydrogens (primary N) is 1. The summed E-state index contributed by atoms with van der Waals surface area (Å²) in [5.74, 6) is 0. The molecule has 1 nitrogen and oxygen atoms in total. The van der Waals surface area contributed by atoms with Crippen molar-refractivity contribution in [3.05, 3.63) is 34.9 Å². The quantitative estimate of drug-likeness (QED) is 0.800. The standard InChI is InChI=1S/C10H12F3N.ClH/c1-6-3-4-7(2)8(5-6)9(14)10(11,12)13;/h3-5,9H,14H2,1-2H3;1H/t9-;/m1./s1. The number of benzene rings is 1. The summed E-state index contributed by atoms with van der Waals surface area (Å²) in [6.45, 7) is 3.37. The molecule has 1 atom stereocenters. The summed E-state index contributed by atoms with van der Waals surface area (Å²) in [6.07, 6.45) is -4.38. The van der Waals surface area contributed by atoms with Crippen molar-refractivity contribution in [1.82, 2.24) is 0 Å². The van der Waals surface area contributed by atoms with E-state index in [2.05, 4.69) is 0 Å². The van der Waals surface area contributed by atoms with Crippen LogP contribution in [0.15, 0.2) is 18.2 Å². The molecule has 2 N–H and O–H groups in total. The maximum absolute atomic E-state index is 12.3. The Balaban J connectivity index is 0.00000196. The van der Waals surface area contributed by atoms with Gasteiger partial charge in [-0.2, -0.15) is 13.2 Å². The highest BCUT2D eigenvalue weighted by Gasteiger charge is 2.38. The number of halogens is 4. The van der Waals surface area contributed by atoms with Gasteiger partial charge in [0.05, 0.1) is 0 Å². The monoisotopic (exact) mass is 239 g/mol. The van der Waals surface area contributed by atoms with E-state index in [0.29, 0.717) is 5.56 Å². The third-order valence-corrected chi connectivity index (χ3v) is 2.12. The van der Waals surface area contributed by atoms with E-state index in [1.54, 1.807) is 26.0 Å². The van der Waals surface area contributed by atoms with E-state index < -0.39 is 12.2 Å². The molecule has 86 valence electrons. The molecule has 0 aliphatic rings. The van der Waals surface area contributed by atoms with Crippen LogP contribution in [0.1, 0.15) is 22.7 Å². The minimum absolute atomic E-state index is 0. The zero-order valence-corrected chi connectivity index (χ0v) is 9.25. The maximum Gasteiger partial charge on any atom is 0.407 e. The number of hydrogen-bond acceptors (Lipinski definition) is 1. The Bertz CT molecular complexity index is 336. The molecule has 0 saturated heterocycles. The number of rotatable bonds is 1. The second kappa shape index (κ2) is 4.86. The summed E-state index contributed by atoms with van der Waals surface area (Å²) < 4.78 is 37.0. The van der Waals surface area contributed by atoms with Gasteiger partial charge < -0.3 is 5.73 Å². The smallest absolute Gasteiger partial charge is 0.316 e. The van der Waals surface area contributed by atoms with Crippen LogP contribution in [0.2, 0.25) is 0 Å². The molecule has 15 heavy (non-hydrogen) atoms. The van der Waals surface area contributed by atoms with Gasteiger partial charge in [-0.1, -0.05) is 23.8 Å². The molecule has 0 heterocycles. The number of hydrogen-bond donors (Lipinski definition) is 1. The SMILES string of the molecule is Cc1ccc(C)c([C@@H](N)C(F)(F)F)c1.Cl. The van der Waals surface area contributed by atoms with Crippen molar-refractivity contribution in [2.24, 2.45) is 5.73 Å². The summed E-state index contributed by atoms with van der Waals surface area (Å²) >= 11 is 0. The fourth-order valence-corrected chi connectivity index (χ4v) is 1.27. The Morgan fingerprint density at radius 3 is 2.20 bits per heavy atom. The molecular formula is C10H13ClF3N. The molecular weight excluding hydrogens is 227 g/mol. The van der Waals surface area contributed by atoms with Crippen LogP contribution in [0.5, 0.6) is 0 Å². The average Bonchev–Trinajstić information content (AvgIpc) is 2.06. The lowest BCUT2D eigenvalue weighted by Gasteiger charge is -2.18. The summed E-state index contributed by atoms with van der Waals surface area (Å²) in [4.78, 5) is 0. The molecule has 0 aliphatic heterocycles. The minimum Gasteiger partial charge on any atom is -0.316 e. The van der Waals surface area contributed by atoms with Gasteiger partial charge >= 0.3 is 6.18 Å². The third-order valence-electron chi connectivity index (χ3n) is 2.12. The van der Waals surface area contributed by atoms with Crippen molar-refractivity contribution >= 4 is 12.4 Å². The van der Waals surface area contributed by atoms with E-state index in [4.69, 9.17) is 5.73 Å². The molecule has 0 aromatic heterocycles. The largest absolute Gasteiger partial charge is 0.407 e. The van der Waals surface area contributed by atoms with E-state index >= 15 is 0 Å². The van der Waals surface area contributed by atoms with E-state index in [1.165, 1.54) is 6.07 Å². The van der Waals surface area contributed by atoms with E-state index in [-0.39, 0.29) is 18.0 Å². The molecule has 0 amide bonds. The van der Waals surface area contributed by atoms with Crippen LogP contribution < -0.4 is 5.73 Å². The highest BCUT2D eigenvalue weighted by molar-refractivity contribution is 5.85. The first-order valence-electron chi connectivity index (χ1n) is 4.22. The lowest BCUT2D eigenvalue weighted by Crippen LogP contribution is -2.29. The van der Waals surface area contributed by atoms with Crippen molar-refractivity contribution < 1.29 is 13.2 Å². The molecule has 0 aliphatic carbocycles. The van der Waals surface area contributed by atoms with Gasteiger partial charge in [0, 0.05) is 0 Å². The van der Waals surface area contributed by atoms with Crippen LogP contribution in [0.25, 0.3) is 0 Å². The molecule has 0 bridgehead atoms. The van der Waals surface area contributed by atoms with Crippen molar-refractivity contribution in [2.75, 3.05) is 0 Å². The van der Waals surface area contributed by atoms with Gasteiger partial charge in [-0.25, -0.2) is 0 Å². The lowest BCUT2D eigenvalue weighted by molar-refractivity contribution is -0.149. The Kier molecular flexibility index (Phi) is 4.62. The number of alkyl halides is 3. The molecule has 1 aromatic rings. The first-order valence-corrected chi connectivity index (χ1v) is 4.22. The Hall–Kier alpha value is -0.740. The van der Waals surface area contributed by atoms with Crippen LogP contribution in [0.3, 0.4) is 0 Å². The molecule has 1 aromatic carbocycles. The molecule has 0 saturated carbocycles. The van der Waals surface area contributed by atoms with Crippen LogP contribution >= 0.6 is 12.4 Å². The van der Waals surface area contributed by atoms with Crippen molar-refractivity contribution in [3.63, 3.8) is 0 Å². The van der Waals surface area contributed by atoms with Gasteiger partial charge in [0.15, 0.2) is 0 Å². The maximum atomic E-state index is 12.3.